The Labute approximate surface area is 113 Å². The summed E-state index contributed by atoms with van der Waals surface area (Å²) in [6.07, 6.45) is 1.99. The highest BCUT2D eigenvalue weighted by Crippen LogP contribution is 2.15. The zero-order chi connectivity index (χ0) is 13.8. The molecule has 1 amide bonds. The minimum Gasteiger partial charge on any atom is -0.352 e. The molecular weight excluding hydrogens is 243 g/mol. The highest BCUT2D eigenvalue weighted by Gasteiger charge is 2.20. The molecule has 1 fully saturated rings. The van der Waals surface area contributed by atoms with Gasteiger partial charge < -0.3 is 10.6 Å². The first-order valence-corrected chi connectivity index (χ1v) is 6.82. The second-order valence-electron chi connectivity index (χ2n) is 5.30. The molecule has 2 rings (SSSR count). The number of piperidine rings is 1. The molecule has 1 heterocycles. The first-order chi connectivity index (χ1) is 9.08. The number of carbonyl (C=O) groups is 1. The predicted molar refractivity (Wildman–Crippen MR) is 73.3 cm³/mol. The van der Waals surface area contributed by atoms with E-state index in [1.807, 2.05) is 0 Å². The highest BCUT2D eigenvalue weighted by molar-refractivity contribution is 5.78. The Kier molecular flexibility index (Phi) is 4.53. The van der Waals surface area contributed by atoms with Crippen LogP contribution >= 0.6 is 0 Å². The Bertz CT molecular complexity index is 444. The van der Waals surface area contributed by atoms with E-state index < -0.39 is 0 Å². The number of rotatable bonds is 3. The fourth-order valence-corrected chi connectivity index (χ4v) is 2.55. The summed E-state index contributed by atoms with van der Waals surface area (Å²) in [5, 5.41) is 6.17. The van der Waals surface area contributed by atoms with Crippen LogP contribution in [0, 0.1) is 25.6 Å². The number of nitrogens with one attached hydrogen (secondary N) is 2. The molecule has 2 N–H and O–H groups in total. The van der Waals surface area contributed by atoms with Gasteiger partial charge in [0.25, 0.3) is 0 Å². The molecule has 1 aliphatic rings. The van der Waals surface area contributed by atoms with Gasteiger partial charge >= 0.3 is 0 Å². The third-order valence-corrected chi connectivity index (χ3v) is 3.63. The minimum absolute atomic E-state index is 0.0661. The van der Waals surface area contributed by atoms with Crippen LogP contribution in [0.5, 0.6) is 0 Å². The van der Waals surface area contributed by atoms with Crippen molar-refractivity contribution in [2.24, 2.45) is 5.92 Å². The quantitative estimate of drug-likeness (QED) is 0.877. The number of benzene rings is 1. The molecule has 3 nitrogen and oxygen atoms in total. The standard InChI is InChI=1S/C15H21FN2O/c1-10-6-12(7-11(2)14(10)16)8-18-15(19)13-4-3-5-17-9-13/h6-7,13,17H,3-5,8-9H2,1-2H3,(H,18,19). The first kappa shape index (κ1) is 14.0. The SMILES string of the molecule is Cc1cc(CNC(=O)C2CCCNC2)cc(C)c1F. The molecule has 104 valence electrons. The maximum Gasteiger partial charge on any atom is 0.224 e. The van der Waals surface area contributed by atoms with Crippen molar-refractivity contribution < 1.29 is 9.18 Å². The van der Waals surface area contributed by atoms with Gasteiger partial charge in [0, 0.05) is 13.1 Å². The van der Waals surface area contributed by atoms with Gasteiger partial charge in [-0.05, 0) is 49.9 Å². The average molecular weight is 264 g/mol. The fourth-order valence-electron chi connectivity index (χ4n) is 2.55. The summed E-state index contributed by atoms with van der Waals surface area (Å²) < 4.78 is 13.5. The van der Waals surface area contributed by atoms with E-state index in [-0.39, 0.29) is 17.6 Å². The monoisotopic (exact) mass is 264 g/mol. The van der Waals surface area contributed by atoms with Gasteiger partial charge in [-0.2, -0.15) is 0 Å². The van der Waals surface area contributed by atoms with E-state index in [0.717, 1.165) is 31.5 Å². The topological polar surface area (TPSA) is 41.1 Å². The van der Waals surface area contributed by atoms with E-state index in [1.165, 1.54) is 0 Å². The van der Waals surface area contributed by atoms with Crippen molar-refractivity contribution in [3.63, 3.8) is 0 Å². The van der Waals surface area contributed by atoms with Crippen molar-refractivity contribution in [2.75, 3.05) is 13.1 Å². The lowest BCUT2D eigenvalue weighted by Crippen LogP contribution is -2.40. The summed E-state index contributed by atoms with van der Waals surface area (Å²) in [6.45, 7) is 5.72. The van der Waals surface area contributed by atoms with Crippen LogP contribution in [-0.4, -0.2) is 19.0 Å². The number of aryl methyl sites for hydroxylation is 2. The van der Waals surface area contributed by atoms with Crippen LogP contribution in [0.25, 0.3) is 0 Å². The molecule has 1 saturated heterocycles. The van der Waals surface area contributed by atoms with Gasteiger partial charge in [0.1, 0.15) is 5.82 Å². The zero-order valence-electron chi connectivity index (χ0n) is 11.6. The minimum atomic E-state index is -0.161. The zero-order valence-corrected chi connectivity index (χ0v) is 11.6. The maximum absolute atomic E-state index is 13.5. The van der Waals surface area contributed by atoms with Gasteiger partial charge in [-0.15, -0.1) is 0 Å². The second kappa shape index (κ2) is 6.15. The molecule has 1 aliphatic heterocycles. The normalized spacial score (nSPS) is 19.2. The highest BCUT2D eigenvalue weighted by atomic mass is 19.1. The van der Waals surface area contributed by atoms with Crippen LogP contribution in [-0.2, 0) is 11.3 Å². The maximum atomic E-state index is 13.5. The number of hydrogen-bond acceptors (Lipinski definition) is 2. The van der Waals surface area contributed by atoms with Crippen molar-refractivity contribution in [1.82, 2.24) is 10.6 Å². The van der Waals surface area contributed by atoms with Gasteiger partial charge in [-0.25, -0.2) is 4.39 Å². The largest absolute Gasteiger partial charge is 0.352 e. The van der Waals surface area contributed by atoms with Crippen molar-refractivity contribution in [2.45, 2.75) is 33.2 Å². The summed E-state index contributed by atoms with van der Waals surface area (Å²) in [4.78, 5) is 12.0. The molecule has 0 spiro atoms. The molecule has 0 aromatic heterocycles. The third kappa shape index (κ3) is 3.53. The molecule has 0 radical (unpaired) electrons. The molecule has 1 unspecified atom stereocenters. The van der Waals surface area contributed by atoms with Crippen molar-refractivity contribution in [3.8, 4) is 0 Å². The Balaban J connectivity index is 1.93. The summed E-state index contributed by atoms with van der Waals surface area (Å²) in [6, 6.07) is 3.59. The molecule has 4 heteroatoms. The number of amides is 1. The Hall–Kier alpha value is -1.42. The second-order valence-corrected chi connectivity index (χ2v) is 5.30. The molecule has 1 atom stereocenters. The van der Waals surface area contributed by atoms with Crippen molar-refractivity contribution >= 4 is 5.91 Å². The number of hydrogen-bond donors (Lipinski definition) is 2. The summed E-state index contributed by atoms with van der Waals surface area (Å²) in [5.41, 5.74) is 2.21. The van der Waals surface area contributed by atoms with E-state index in [9.17, 15) is 9.18 Å². The van der Waals surface area contributed by atoms with E-state index in [2.05, 4.69) is 10.6 Å². The van der Waals surface area contributed by atoms with Crippen LogP contribution in [0.1, 0.15) is 29.5 Å². The van der Waals surface area contributed by atoms with E-state index in [0.29, 0.717) is 17.7 Å². The molecule has 0 bridgehead atoms. The Morgan fingerprint density at radius 2 is 2.11 bits per heavy atom. The lowest BCUT2D eigenvalue weighted by Gasteiger charge is -2.22. The van der Waals surface area contributed by atoms with E-state index >= 15 is 0 Å². The lowest BCUT2D eigenvalue weighted by atomic mass is 9.98. The summed E-state index contributed by atoms with van der Waals surface area (Å²) in [5.74, 6) is -0.00483. The van der Waals surface area contributed by atoms with Gasteiger partial charge in [0.15, 0.2) is 0 Å². The van der Waals surface area contributed by atoms with Gasteiger partial charge in [-0.1, -0.05) is 12.1 Å². The van der Waals surface area contributed by atoms with Gasteiger partial charge in [0.05, 0.1) is 5.92 Å². The Morgan fingerprint density at radius 3 is 2.68 bits per heavy atom. The van der Waals surface area contributed by atoms with E-state index in [1.54, 1.807) is 26.0 Å². The molecular formula is C15H21FN2O. The van der Waals surface area contributed by atoms with Gasteiger partial charge in [0.2, 0.25) is 5.91 Å². The predicted octanol–water partition coefficient (Wildman–Crippen LogP) is 2.06. The smallest absolute Gasteiger partial charge is 0.224 e. The van der Waals surface area contributed by atoms with E-state index in [4.69, 9.17) is 0 Å². The first-order valence-electron chi connectivity index (χ1n) is 6.82. The number of carbonyl (C=O) groups excluding carboxylic acids is 1. The van der Waals surface area contributed by atoms with Crippen LogP contribution in [0.15, 0.2) is 12.1 Å². The third-order valence-electron chi connectivity index (χ3n) is 3.63. The fraction of sp³-hybridized carbons (Fsp3) is 0.533. The lowest BCUT2D eigenvalue weighted by molar-refractivity contribution is -0.125. The van der Waals surface area contributed by atoms with Crippen LogP contribution in [0.3, 0.4) is 0 Å². The molecule has 0 aliphatic carbocycles. The van der Waals surface area contributed by atoms with Crippen molar-refractivity contribution in [3.05, 3.63) is 34.6 Å². The van der Waals surface area contributed by atoms with Gasteiger partial charge in [-0.3, -0.25) is 4.79 Å². The molecule has 0 saturated carbocycles. The average Bonchev–Trinajstić information content (AvgIpc) is 2.43. The number of halogens is 1. The van der Waals surface area contributed by atoms with Crippen LogP contribution in [0.4, 0.5) is 4.39 Å². The molecule has 1 aromatic carbocycles. The summed E-state index contributed by atoms with van der Waals surface area (Å²) in [7, 11) is 0. The molecule has 19 heavy (non-hydrogen) atoms. The Morgan fingerprint density at radius 1 is 1.42 bits per heavy atom. The summed E-state index contributed by atoms with van der Waals surface area (Å²) >= 11 is 0. The van der Waals surface area contributed by atoms with Crippen LogP contribution in [0.2, 0.25) is 0 Å². The van der Waals surface area contributed by atoms with Crippen LogP contribution < -0.4 is 10.6 Å². The molecule has 1 aromatic rings. The van der Waals surface area contributed by atoms with Crippen molar-refractivity contribution in [1.29, 1.82) is 0 Å².